The molecule has 6 aromatic rings. The Labute approximate surface area is 256 Å². The number of pyridine rings is 1. The molecule has 8 heterocycles. The zero-order chi connectivity index (χ0) is 28.6. The van der Waals surface area contributed by atoms with Gasteiger partial charge in [0.15, 0.2) is 5.82 Å². The van der Waals surface area contributed by atoms with Gasteiger partial charge >= 0.3 is 0 Å². The van der Waals surface area contributed by atoms with Crippen LogP contribution in [0, 0.1) is 0 Å². The zero-order valence-corrected chi connectivity index (χ0v) is 24.7. The number of aromatic nitrogens is 6. The Morgan fingerprint density at radius 2 is 1.84 bits per heavy atom. The molecule has 43 heavy (non-hydrogen) atoms. The van der Waals surface area contributed by atoms with Crippen LogP contribution in [0.2, 0.25) is 0 Å². The van der Waals surface area contributed by atoms with Gasteiger partial charge in [-0.3, -0.25) is 19.9 Å². The molecule has 1 N–H and O–H groups in total. The summed E-state index contributed by atoms with van der Waals surface area (Å²) in [4.78, 5) is 30.3. The molecule has 0 saturated carbocycles. The van der Waals surface area contributed by atoms with E-state index in [1.807, 2.05) is 54.4 Å². The Hall–Kier alpha value is -4.81. The molecule has 214 valence electrons. The summed E-state index contributed by atoms with van der Waals surface area (Å²) in [6.45, 7) is 1.80. The van der Waals surface area contributed by atoms with Gasteiger partial charge in [0, 0.05) is 66.8 Å². The summed E-state index contributed by atoms with van der Waals surface area (Å²) in [5.41, 5.74) is 2.59. The van der Waals surface area contributed by atoms with Crippen LogP contribution in [0.5, 0.6) is 0 Å². The minimum atomic E-state index is -1.11. The van der Waals surface area contributed by atoms with Crippen LogP contribution in [0.25, 0.3) is 5.57 Å². The number of hydrogen-bond donors (Lipinski definition) is 1. The molecule has 1 fully saturated rings. The number of hydrogen-bond acceptors (Lipinski definition) is 11. The summed E-state index contributed by atoms with van der Waals surface area (Å²) in [6.07, 6.45) is 14.8. The van der Waals surface area contributed by atoms with Crippen molar-refractivity contribution in [1.29, 1.82) is 0 Å². The molecular formula is C31H27N9OS2. The van der Waals surface area contributed by atoms with E-state index in [4.69, 9.17) is 19.5 Å². The van der Waals surface area contributed by atoms with Crippen LogP contribution in [-0.2, 0) is 5.66 Å². The number of H-pyrrole nitrogens is 1. The smallest absolute Gasteiger partial charge is 0.220 e. The van der Waals surface area contributed by atoms with E-state index in [9.17, 15) is 0 Å². The number of thiophene rings is 1. The quantitative estimate of drug-likeness (QED) is 0.230. The fraction of sp³-hybridized carbons (Fsp3) is 0.194. The summed E-state index contributed by atoms with van der Waals surface area (Å²) in [7, 11) is 0. The molecule has 2 aliphatic heterocycles. The molecule has 6 aromatic heterocycles. The lowest BCUT2D eigenvalue weighted by molar-refractivity contribution is 0.323. The third-order valence-corrected chi connectivity index (χ3v) is 9.70. The fourth-order valence-electron chi connectivity index (χ4n) is 6.35. The van der Waals surface area contributed by atoms with Crippen molar-refractivity contribution in [2.45, 2.75) is 24.5 Å². The maximum Gasteiger partial charge on any atom is 0.220 e. The maximum atomic E-state index is 5.57. The van der Waals surface area contributed by atoms with Gasteiger partial charge in [-0.1, -0.05) is 11.2 Å². The van der Waals surface area contributed by atoms with E-state index in [1.54, 1.807) is 41.3 Å². The number of likely N-dealkylation sites (tertiary alicyclic amines) is 1. The molecule has 8 rings (SSSR count). The first-order valence-corrected chi connectivity index (χ1v) is 15.9. The molecule has 0 spiro atoms. The van der Waals surface area contributed by atoms with E-state index >= 15 is 0 Å². The minimum absolute atomic E-state index is 0.344. The van der Waals surface area contributed by atoms with Gasteiger partial charge in [-0.15, -0.1) is 22.7 Å². The summed E-state index contributed by atoms with van der Waals surface area (Å²) >= 11 is 3.24. The highest BCUT2D eigenvalue weighted by atomic mass is 32.1. The van der Waals surface area contributed by atoms with Crippen LogP contribution in [0.1, 0.15) is 41.0 Å². The lowest BCUT2D eigenvalue weighted by Crippen LogP contribution is -2.65. The van der Waals surface area contributed by atoms with Crippen molar-refractivity contribution in [3.05, 3.63) is 131 Å². The molecule has 10 nitrogen and oxygen atoms in total. The molecule has 0 bridgehead atoms. The Morgan fingerprint density at radius 1 is 0.884 bits per heavy atom. The summed E-state index contributed by atoms with van der Waals surface area (Å²) in [5.74, 6) is 1.66. The van der Waals surface area contributed by atoms with Gasteiger partial charge in [-0.05, 0) is 54.6 Å². The van der Waals surface area contributed by atoms with E-state index in [0.717, 1.165) is 58.7 Å². The molecule has 2 aliphatic rings. The third-order valence-electron chi connectivity index (χ3n) is 7.97. The number of rotatable bonds is 7. The van der Waals surface area contributed by atoms with E-state index in [-0.39, 0.29) is 6.04 Å². The Morgan fingerprint density at radius 3 is 2.51 bits per heavy atom. The number of nitrogens with one attached hydrogen (secondary N) is 1. The van der Waals surface area contributed by atoms with Crippen LogP contribution in [0.3, 0.4) is 0 Å². The van der Waals surface area contributed by atoms with E-state index in [1.165, 1.54) is 0 Å². The Balaban J connectivity index is 1.60. The van der Waals surface area contributed by atoms with Crippen LogP contribution in [0.4, 0.5) is 10.8 Å². The minimum Gasteiger partial charge on any atom is -0.363 e. The van der Waals surface area contributed by atoms with Crippen LogP contribution < -0.4 is 9.80 Å². The fourth-order valence-corrected chi connectivity index (χ4v) is 7.99. The summed E-state index contributed by atoms with van der Waals surface area (Å²) < 4.78 is 5.57. The lowest BCUT2D eigenvalue weighted by atomic mass is 9.87. The predicted octanol–water partition coefficient (Wildman–Crippen LogP) is 6.14. The van der Waals surface area contributed by atoms with Crippen LogP contribution in [0.15, 0.2) is 113 Å². The summed E-state index contributed by atoms with van der Waals surface area (Å²) in [6, 6.07) is 16.1. The topological polar surface area (TPSA) is 103 Å². The lowest BCUT2D eigenvalue weighted by Gasteiger charge is -2.57. The molecule has 1 saturated heterocycles. The highest BCUT2D eigenvalue weighted by Crippen LogP contribution is 2.58. The van der Waals surface area contributed by atoms with Crippen molar-refractivity contribution < 1.29 is 4.52 Å². The monoisotopic (exact) mass is 605 g/mol. The first-order chi connectivity index (χ1) is 21.4. The van der Waals surface area contributed by atoms with Crippen molar-refractivity contribution in [1.82, 2.24) is 35.0 Å². The third kappa shape index (κ3) is 4.08. The molecule has 0 amide bonds. The average Bonchev–Trinajstić information content (AvgIpc) is 3.90. The zero-order valence-electron chi connectivity index (χ0n) is 23.0. The largest absolute Gasteiger partial charge is 0.363 e. The van der Waals surface area contributed by atoms with Crippen molar-refractivity contribution >= 4 is 39.1 Å². The second kappa shape index (κ2) is 10.8. The van der Waals surface area contributed by atoms with Crippen molar-refractivity contribution in [3.8, 4) is 0 Å². The van der Waals surface area contributed by atoms with Gasteiger partial charge in [0.2, 0.25) is 5.66 Å². The van der Waals surface area contributed by atoms with Gasteiger partial charge in [0.25, 0.3) is 0 Å². The first kappa shape index (κ1) is 25.9. The van der Waals surface area contributed by atoms with Gasteiger partial charge in [0.05, 0.1) is 16.9 Å². The molecule has 0 radical (unpaired) electrons. The predicted molar refractivity (Wildman–Crippen MR) is 166 cm³/mol. The van der Waals surface area contributed by atoms with Gasteiger partial charge in [-0.25, -0.2) is 4.98 Å². The number of nitrogens with zero attached hydrogens (tertiary/aromatic N) is 8. The molecule has 0 aliphatic carbocycles. The Bertz CT molecular complexity index is 1790. The number of anilines is 2. The molecule has 12 heteroatoms. The van der Waals surface area contributed by atoms with Gasteiger partial charge < -0.3 is 19.3 Å². The SMILES string of the molecule is c1ccc(C2C(c3ccc[nH]3)=C(N3CCCC3)N(c3ccon3)C(c3cnccn3)(c3nccs3)N2c2cccs2)nc1. The van der Waals surface area contributed by atoms with Crippen molar-refractivity contribution in [2.24, 2.45) is 0 Å². The van der Waals surface area contributed by atoms with E-state index in [0.29, 0.717) is 11.5 Å². The van der Waals surface area contributed by atoms with E-state index in [2.05, 4.69) is 59.5 Å². The maximum absolute atomic E-state index is 5.57. The number of thiazole rings is 1. The normalized spacial score (nSPS) is 20.7. The molecule has 0 aromatic carbocycles. The number of aromatic amines is 1. The second-order valence-electron chi connectivity index (χ2n) is 10.3. The van der Waals surface area contributed by atoms with Gasteiger partial charge in [0.1, 0.15) is 28.8 Å². The van der Waals surface area contributed by atoms with Crippen molar-refractivity contribution in [2.75, 3.05) is 22.9 Å². The van der Waals surface area contributed by atoms with Crippen LogP contribution >= 0.6 is 22.7 Å². The van der Waals surface area contributed by atoms with Crippen molar-refractivity contribution in [3.63, 3.8) is 0 Å². The first-order valence-electron chi connectivity index (χ1n) is 14.1. The molecular weight excluding hydrogens is 579 g/mol. The van der Waals surface area contributed by atoms with E-state index < -0.39 is 5.66 Å². The van der Waals surface area contributed by atoms with Crippen LogP contribution in [-0.4, -0.2) is 48.1 Å². The summed E-state index contributed by atoms with van der Waals surface area (Å²) in [5, 5.41) is 10.6. The standard InChI is InChI=1S/C31H27N9OS2/c1-2-11-34-23(7-1)28-27(22-8-5-12-33-22)29(38-16-3-4-17-38)39(25-10-18-41-37-25)31(30-36-15-20-43-30,24-21-32-13-14-35-24)40(28)26-9-6-19-42-26/h1-2,5-15,18-21,28,33H,3-4,16-17H2. The van der Waals surface area contributed by atoms with Gasteiger partial charge in [-0.2, -0.15) is 0 Å². The highest BCUT2D eigenvalue weighted by Gasteiger charge is 2.60. The highest BCUT2D eigenvalue weighted by molar-refractivity contribution is 7.14. The Kier molecular flexibility index (Phi) is 6.49. The molecule has 2 atom stereocenters. The molecule has 2 unspecified atom stereocenters. The average molecular weight is 606 g/mol. The second-order valence-corrected chi connectivity index (χ2v) is 12.1.